The molecule has 7 nitrogen and oxygen atoms in total. The van der Waals surface area contributed by atoms with Gasteiger partial charge in [-0.25, -0.2) is 4.98 Å². The standard InChI is InChI=1S/C22H21N5O2S/c28-22(16-5-3-7-19(11-16)29-13-18-14-30-15-23-18)26-9-4-6-17(12-26)21-25-24-20-8-1-2-10-27(20)21/h1-3,5,7-8,10-11,14-15,17H,4,6,9,12-13H2. The summed E-state index contributed by atoms with van der Waals surface area (Å²) in [5, 5.41) is 10.6. The normalized spacial score (nSPS) is 16.7. The van der Waals surface area contributed by atoms with Crippen molar-refractivity contribution in [2.45, 2.75) is 25.4 Å². The van der Waals surface area contributed by atoms with Crippen molar-refractivity contribution in [1.82, 2.24) is 24.5 Å². The van der Waals surface area contributed by atoms with E-state index in [1.54, 1.807) is 5.51 Å². The van der Waals surface area contributed by atoms with E-state index in [0.717, 1.165) is 36.6 Å². The quantitative estimate of drug-likeness (QED) is 0.492. The van der Waals surface area contributed by atoms with E-state index in [4.69, 9.17) is 4.74 Å². The fourth-order valence-electron chi connectivity index (χ4n) is 3.88. The molecule has 30 heavy (non-hydrogen) atoms. The highest BCUT2D eigenvalue weighted by atomic mass is 32.1. The number of piperidine rings is 1. The number of ether oxygens (including phenoxy) is 1. The highest BCUT2D eigenvalue weighted by molar-refractivity contribution is 7.07. The number of thiazole rings is 1. The number of benzene rings is 1. The van der Waals surface area contributed by atoms with Crippen LogP contribution in [0.5, 0.6) is 5.75 Å². The Hall–Kier alpha value is -3.26. The molecule has 152 valence electrons. The van der Waals surface area contributed by atoms with Crippen LogP contribution in [0.15, 0.2) is 59.6 Å². The van der Waals surface area contributed by atoms with Crippen molar-refractivity contribution in [2.24, 2.45) is 0 Å². The number of hydrogen-bond donors (Lipinski definition) is 0. The number of rotatable bonds is 5. The Morgan fingerprint density at radius 2 is 2.17 bits per heavy atom. The van der Waals surface area contributed by atoms with Gasteiger partial charge in [0.2, 0.25) is 0 Å². The Kier molecular flexibility index (Phi) is 5.15. The predicted molar refractivity (Wildman–Crippen MR) is 114 cm³/mol. The van der Waals surface area contributed by atoms with Gasteiger partial charge in [-0.15, -0.1) is 21.5 Å². The summed E-state index contributed by atoms with van der Waals surface area (Å²) in [6.45, 7) is 1.78. The zero-order valence-corrected chi connectivity index (χ0v) is 17.2. The zero-order valence-electron chi connectivity index (χ0n) is 16.3. The number of pyridine rings is 1. The Labute approximate surface area is 178 Å². The van der Waals surface area contributed by atoms with Gasteiger partial charge in [-0.05, 0) is 43.2 Å². The van der Waals surface area contributed by atoms with Gasteiger partial charge in [-0.2, -0.15) is 0 Å². The summed E-state index contributed by atoms with van der Waals surface area (Å²) in [7, 11) is 0. The lowest BCUT2D eigenvalue weighted by Gasteiger charge is -2.32. The molecule has 1 amide bonds. The third kappa shape index (κ3) is 3.78. The second-order valence-electron chi connectivity index (χ2n) is 7.37. The molecule has 0 aliphatic carbocycles. The Balaban J connectivity index is 1.30. The number of hydrogen-bond acceptors (Lipinski definition) is 6. The molecular formula is C22H21N5O2S. The fraction of sp³-hybridized carbons (Fsp3) is 0.273. The molecule has 4 heterocycles. The molecule has 1 aromatic carbocycles. The number of carbonyl (C=O) groups excluding carboxylic acids is 1. The van der Waals surface area contributed by atoms with Gasteiger partial charge < -0.3 is 9.64 Å². The minimum atomic E-state index is 0.0210. The maximum Gasteiger partial charge on any atom is 0.254 e. The molecule has 3 aromatic heterocycles. The van der Waals surface area contributed by atoms with Gasteiger partial charge in [-0.1, -0.05) is 12.1 Å². The van der Waals surface area contributed by atoms with Crippen LogP contribution in [0, 0.1) is 0 Å². The molecule has 1 saturated heterocycles. The lowest BCUT2D eigenvalue weighted by Crippen LogP contribution is -2.39. The van der Waals surface area contributed by atoms with E-state index in [-0.39, 0.29) is 11.8 Å². The summed E-state index contributed by atoms with van der Waals surface area (Å²) in [6, 6.07) is 13.2. The number of nitrogens with zero attached hydrogens (tertiary/aromatic N) is 5. The van der Waals surface area contributed by atoms with Crippen LogP contribution >= 0.6 is 11.3 Å². The molecular weight excluding hydrogens is 398 g/mol. The molecule has 1 atom stereocenters. The van der Waals surface area contributed by atoms with Crippen LogP contribution in [0.25, 0.3) is 5.65 Å². The average Bonchev–Trinajstić information content (AvgIpc) is 3.47. The third-order valence-electron chi connectivity index (χ3n) is 5.37. The lowest BCUT2D eigenvalue weighted by atomic mass is 9.96. The van der Waals surface area contributed by atoms with Gasteiger partial charge in [0.1, 0.15) is 18.2 Å². The summed E-state index contributed by atoms with van der Waals surface area (Å²) in [6.07, 6.45) is 3.92. The number of amides is 1. The first-order valence-electron chi connectivity index (χ1n) is 9.97. The second kappa shape index (κ2) is 8.23. The number of likely N-dealkylation sites (tertiary alicyclic amines) is 1. The molecule has 5 rings (SSSR count). The molecule has 0 radical (unpaired) electrons. The maximum absolute atomic E-state index is 13.2. The van der Waals surface area contributed by atoms with E-state index in [2.05, 4.69) is 15.2 Å². The zero-order chi connectivity index (χ0) is 20.3. The van der Waals surface area contributed by atoms with Gasteiger partial charge in [0.25, 0.3) is 5.91 Å². The lowest BCUT2D eigenvalue weighted by molar-refractivity contribution is 0.0703. The van der Waals surface area contributed by atoms with E-state index in [1.165, 1.54) is 11.3 Å². The molecule has 1 aliphatic heterocycles. The molecule has 1 unspecified atom stereocenters. The third-order valence-corrected chi connectivity index (χ3v) is 6.00. The fourth-order valence-corrected chi connectivity index (χ4v) is 4.42. The van der Waals surface area contributed by atoms with Crippen LogP contribution in [-0.2, 0) is 6.61 Å². The summed E-state index contributed by atoms with van der Waals surface area (Å²) in [5.41, 5.74) is 4.14. The largest absolute Gasteiger partial charge is 0.487 e. The molecule has 4 aromatic rings. The van der Waals surface area contributed by atoms with Crippen LogP contribution in [0.2, 0.25) is 0 Å². The van der Waals surface area contributed by atoms with Crippen LogP contribution < -0.4 is 4.74 Å². The smallest absolute Gasteiger partial charge is 0.254 e. The Bertz CT molecular complexity index is 1160. The van der Waals surface area contributed by atoms with Crippen molar-refractivity contribution in [2.75, 3.05) is 13.1 Å². The van der Waals surface area contributed by atoms with E-state index in [0.29, 0.717) is 24.5 Å². The van der Waals surface area contributed by atoms with Crippen molar-refractivity contribution < 1.29 is 9.53 Å². The summed E-state index contributed by atoms with van der Waals surface area (Å²) >= 11 is 1.54. The van der Waals surface area contributed by atoms with Crippen molar-refractivity contribution in [1.29, 1.82) is 0 Å². The molecule has 0 saturated carbocycles. The average molecular weight is 420 g/mol. The molecule has 0 N–H and O–H groups in total. The molecule has 0 bridgehead atoms. The summed E-state index contributed by atoms with van der Waals surface area (Å²) in [4.78, 5) is 19.3. The number of aromatic nitrogens is 4. The van der Waals surface area contributed by atoms with Gasteiger partial charge in [0, 0.05) is 36.1 Å². The second-order valence-corrected chi connectivity index (χ2v) is 8.09. The first-order valence-corrected chi connectivity index (χ1v) is 10.9. The van der Waals surface area contributed by atoms with Crippen LogP contribution in [0.4, 0.5) is 0 Å². The number of carbonyl (C=O) groups is 1. The molecule has 0 spiro atoms. The van der Waals surface area contributed by atoms with E-state index in [1.807, 2.05) is 63.3 Å². The maximum atomic E-state index is 13.2. The Morgan fingerprint density at radius 1 is 1.20 bits per heavy atom. The van der Waals surface area contributed by atoms with Gasteiger partial charge in [0.15, 0.2) is 5.65 Å². The highest BCUT2D eigenvalue weighted by Gasteiger charge is 2.28. The summed E-state index contributed by atoms with van der Waals surface area (Å²) < 4.78 is 7.83. The van der Waals surface area contributed by atoms with Gasteiger partial charge in [-0.3, -0.25) is 9.20 Å². The summed E-state index contributed by atoms with van der Waals surface area (Å²) in [5.74, 6) is 1.78. The van der Waals surface area contributed by atoms with Crippen LogP contribution in [0.3, 0.4) is 0 Å². The number of fused-ring (bicyclic) bond motifs is 1. The van der Waals surface area contributed by atoms with E-state index >= 15 is 0 Å². The van der Waals surface area contributed by atoms with Gasteiger partial charge in [0.05, 0.1) is 11.2 Å². The molecule has 1 fully saturated rings. The van der Waals surface area contributed by atoms with E-state index in [9.17, 15) is 4.79 Å². The topological polar surface area (TPSA) is 72.6 Å². The van der Waals surface area contributed by atoms with Crippen LogP contribution in [-0.4, -0.2) is 43.5 Å². The van der Waals surface area contributed by atoms with Crippen molar-refractivity contribution in [3.05, 3.63) is 76.6 Å². The highest BCUT2D eigenvalue weighted by Crippen LogP contribution is 2.27. The molecule has 1 aliphatic rings. The SMILES string of the molecule is O=C(c1cccc(OCc2cscn2)c1)N1CCCC(c2nnc3ccccn23)C1. The van der Waals surface area contributed by atoms with Gasteiger partial charge >= 0.3 is 0 Å². The minimum absolute atomic E-state index is 0.0210. The first-order chi connectivity index (χ1) is 14.8. The monoisotopic (exact) mass is 419 g/mol. The van der Waals surface area contributed by atoms with E-state index < -0.39 is 0 Å². The Morgan fingerprint density at radius 3 is 3.07 bits per heavy atom. The van der Waals surface area contributed by atoms with Crippen molar-refractivity contribution in [3.63, 3.8) is 0 Å². The molecule has 8 heteroatoms. The minimum Gasteiger partial charge on any atom is -0.487 e. The first kappa shape index (κ1) is 18.7. The van der Waals surface area contributed by atoms with Crippen molar-refractivity contribution in [3.8, 4) is 5.75 Å². The van der Waals surface area contributed by atoms with Crippen LogP contribution in [0.1, 0.15) is 40.6 Å². The van der Waals surface area contributed by atoms with Crippen molar-refractivity contribution >= 4 is 22.9 Å². The predicted octanol–water partition coefficient (Wildman–Crippen LogP) is 3.78.